The van der Waals surface area contributed by atoms with Crippen molar-refractivity contribution in [3.05, 3.63) is 34.9 Å². The van der Waals surface area contributed by atoms with Crippen LogP contribution in [0.3, 0.4) is 0 Å². The Bertz CT molecular complexity index is 475. The van der Waals surface area contributed by atoms with Gasteiger partial charge in [0, 0.05) is 11.1 Å². The average molecular weight is 217 g/mol. The van der Waals surface area contributed by atoms with Crippen LogP contribution in [-0.4, -0.2) is 18.8 Å². The third-order valence-electron chi connectivity index (χ3n) is 3.11. The second kappa shape index (κ2) is 3.44. The van der Waals surface area contributed by atoms with E-state index in [1.807, 2.05) is 19.9 Å². The monoisotopic (exact) mass is 217 g/mol. The van der Waals surface area contributed by atoms with Crippen molar-refractivity contribution in [2.45, 2.75) is 20.3 Å². The molecule has 0 saturated heterocycles. The highest BCUT2D eigenvalue weighted by molar-refractivity contribution is 6.07. The summed E-state index contributed by atoms with van der Waals surface area (Å²) >= 11 is 0. The zero-order chi connectivity index (χ0) is 11.9. The summed E-state index contributed by atoms with van der Waals surface area (Å²) in [6.07, 6.45) is 0.864. The molecule has 0 amide bonds. The van der Waals surface area contributed by atoms with E-state index >= 15 is 0 Å². The van der Waals surface area contributed by atoms with Crippen molar-refractivity contribution >= 4 is 11.7 Å². The third kappa shape index (κ3) is 1.52. The minimum absolute atomic E-state index is 0.128. The van der Waals surface area contributed by atoms with Gasteiger partial charge in [-0.3, -0.25) is 0 Å². The van der Waals surface area contributed by atoms with E-state index in [9.17, 15) is 4.79 Å². The van der Waals surface area contributed by atoms with Gasteiger partial charge in [0.25, 0.3) is 0 Å². The molecule has 0 bridgehead atoms. The topological polar surface area (TPSA) is 50.2 Å². The predicted molar refractivity (Wildman–Crippen MR) is 62.1 cm³/mol. The van der Waals surface area contributed by atoms with Crippen LogP contribution in [0.1, 0.15) is 35.3 Å². The van der Waals surface area contributed by atoms with Gasteiger partial charge in [-0.15, -0.1) is 0 Å². The van der Waals surface area contributed by atoms with Crippen molar-refractivity contribution in [2.24, 2.45) is 5.41 Å². The maximum absolute atomic E-state index is 11.4. The van der Waals surface area contributed by atoms with Gasteiger partial charge in [0.1, 0.15) is 0 Å². The van der Waals surface area contributed by atoms with Gasteiger partial charge >= 0.3 is 5.97 Å². The lowest BCUT2D eigenvalue weighted by Gasteiger charge is -2.16. The molecule has 1 aliphatic rings. The predicted octanol–water partition coefficient (Wildman–Crippen LogP) is 2.42. The molecule has 1 N–H and O–H groups in total. The average Bonchev–Trinajstić information content (AvgIpc) is 2.48. The smallest absolute Gasteiger partial charge is 0.337 e. The molecule has 1 aromatic carbocycles. The number of ether oxygens (including phenoxy) is 1. The number of carbonyl (C=O) groups excluding carboxylic acids is 1. The lowest BCUT2D eigenvalue weighted by Crippen LogP contribution is -2.19. The molecule has 0 spiro atoms. The van der Waals surface area contributed by atoms with Crippen LogP contribution in [0, 0.1) is 10.8 Å². The van der Waals surface area contributed by atoms with E-state index in [2.05, 4.69) is 4.74 Å². The quantitative estimate of drug-likeness (QED) is 0.734. The van der Waals surface area contributed by atoms with Gasteiger partial charge in [-0.1, -0.05) is 19.9 Å². The van der Waals surface area contributed by atoms with Gasteiger partial charge in [-0.25, -0.2) is 4.79 Å². The van der Waals surface area contributed by atoms with E-state index in [1.54, 1.807) is 12.1 Å². The number of hydrogen-bond donors (Lipinski definition) is 1. The van der Waals surface area contributed by atoms with Gasteiger partial charge in [0.15, 0.2) is 0 Å². The summed E-state index contributed by atoms with van der Waals surface area (Å²) < 4.78 is 4.67. The van der Waals surface area contributed by atoms with Crippen LogP contribution in [-0.2, 0) is 11.2 Å². The summed E-state index contributed by atoms with van der Waals surface area (Å²) in [5.74, 6) is -0.347. The van der Waals surface area contributed by atoms with Crippen molar-refractivity contribution in [3.63, 3.8) is 0 Å². The Kier molecular flexibility index (Phi) is 2.34. The lowest BCUT2D eigenvalue weighted by atomic mass is 9.88. The normalized spacial score (nSPS) is 17.1. The van der Waals surface area contributed by atoms with E-state index in [4.69, 9.17) is 5.41 Å². The lowest BCUT2D eigenvalue weighted by molar-refractivity contribution is 0.0600. The summed E-state index contributed by atoms with van der Waals surface area (Å²) in [5.41, 5.74) is 3.02. The molecular weight excluding hydrogens is 202 g/mol. The van der Waals surface area contributed by atoms with Crippen molar-refractivity contribution in [1.29, 1.82) is 5.41 Å². The Labute approximate surface area is 94.9 Å². The number of fused-ring (bicyclic) bond motifs is 1. The van der Waals surface area contributed by atoms with Gasteiger partial charge < -0.3 is 10.1 Å². The first kappa shape index (κ1) is 10.9. The zero-order valence-corrected chi connectivity index (χ0v) is 9.76. The molecular formula is C13H15NO2. The van der Waals surface area contributed by atoms with Crippen molar-refractivity contribution in [1.82, 2.24) is 0 Å². The summed E-state index contributed by atoms with van der Waals surface area (Å²) in [4.78, 5) is 11.4. The fraction of sp³-hybridized carbons (Fsp3) is 0.385. The molecule has 3 heteroatoms. The first-order valence-corrected chi connectivity index (χ1v) is 5.26. The minimum atomic E-state index is -0.347. The molecule has 0 fully saturated rings. The molecule has 2 rings (SSSR count). The van der Waals surface area contributed by atoms with Crippen LogP contribution in [0.25, 0.3) is 0 Å². The van der Waals surface area contributed by atoms with Gasteiger partial charge in [0.2, 0.25) is 0 Å². The van der Waals surface area contributed by atoms with Gasteiger partial charge in [-0.05, 0) is 29.7 Å². The second-order valence-corrected chi connectivity index (χ2v) is 4.80. The number of hydrogen-bond acceptors (Lipinski definition) is 3. The Morgan fingerprint density at radius 3 is 2.75 bits per heavy atom. The Morgan fingerprint density at radius 1 is 1.44 bits per heavy atom. The van der Waals surface area contributed by atoms with Crippen LogP contribution in [0.5, 0.6) is 0 Å². The molecule has 0 aliphatic heterocycles. The standard InChI is InChI=1S/C13H15NO2/c1-13(2)7-9-5-4-8(12(15)16-3)6-10(9)11(13)14/h4-6,14H,7H2,1-3H3. The molecule has 3 nitrogen and oxygen atoms in total. The number of benzene rings is 1. The number of nitrogens with one attached hydrogen (secondary N) is 1. The van der Waals surface area contributed by atoms with Crippen molar-refractivity contribution in [2.75, 3.05) is 7.11 Å². The van der Waals surface area contributed by atoms with Gasteiger partial charge in [0.05, 0.1) is 12.7 Å². The molecule has 0 radical (unpaired) electrons. The highest BCUT2D eigenvalue weighted by Gasteiger charge is 2.34. The highest BCUT2D eigenvalue weighted by atomic mass is 16.5. The van der Waals surface area contributed by atoms with Crippen LogP contribution in [0.4, 0.5) is 0 Å². The number of esters is 1. The van der Waals surface area contributed by atoms with Gasteiger partial charge in [-0.2, -0.15) is 0 Å². The minimum Gasteiger partial charge on any atom is -0.465 e. The Hall–Kier alpha value is -1.64. The fourth-order valence-electron chi connectivity index (χ4n) is 2.14. The van der Waals surface area contributed by atoms with Crippen LogP contribution in [0.15, 0.2) is 18.2 Å². The summed E-state index contributed by atoms with van der Waals surface area (Å²) in [6.45, 7) is 4.10. The van der Waals surface area contributed by atoms with Crippen molar-refractivity contribution < 1.29 is 9.53 Å². The SMILES string of the molecule is COC(=O)c1ccc2c(c1)C(=N)C(C)(C)C2. The maximum Gasteiger partial charge on any atom is 0.337 e. The summed E-state index contributed by atoms with van der Waals surface area (Å²) in [6, 6.07) is 5.45. The molecule has 16 heavy (non-hydrogen) atoms. The van der Waals surface area contributed by atoms with E-state index < -0.39 is 0 Å². The summed E-state index contributed by atoms with van der Waals surface area (Å²) in [7, 11) is 1.37. The fourth-order valence-corrected chi connectivity index (χ4v) is 2.14. The molecule has 0 heterocycles. The number of carbonyl (C=O) groups is 1. The van der Waals surface area contributed by atoms with E-state index in [-0.39, 0.29) is 11.4 Å². The molecule has 1 aliphatic carbocycles. The molecule has 0 saturated carbocycles. The third-order valence-corrected chi connectivity index (χ3v) is 3.11. The zero-order valence-electron chi connectivity index (χ0n) is 9.76. The van der Waals surface area contributed by atoms with Crippen LogP contribution in [0.2, 0.25) is 0 Å². The summed E-state index contributed by atoms with van der Waals surface area (Å²) in [5, 5.41) is 8.08. The van der Waals surface area contributed by atoms with Crippen LogP contribution < -0.4 is 0 Å². The molecule has 0 unspecified atom stereocenters. The molecule has 0 aromatic heterocycles. The second-order valence-electron chi connectivity index (χ2n) is 4.80. The van der Waals surface area contributed by atoms with E-state index in [0.717, 1.165) is 17.5 Å². The number of rotatable bonds is 1. The van der Waals surface area contributed by atoms with E-state index in [0.29, 0.717) is 11.3 Å². The maximum atomic E-state index is 11.4. The largest absolute Gasteiger partial charge is 0.465 e. The molecule has 0 atom stereocenters. The highest BCUT2D eigenvalue weighted by Crippen LogP contribution is 2.36. The first-order chi connectivity index (χ1) is 7.45. The molecule has 1 aromatic rings. The number of methoxy groups -OCH3 is 1. The van der Waals surface area contributed by atoms with Crippen molar-refractivity contribution in [3.8, 4) is 0 Å². The Balaban J connectivity index is 2.47. The van der Waals surface area contributed by atoms with E-state index in [1.165, 1.54) is 7.11 Å². The first-order valence-electron chi connectivity index (χ1n) is 5.26. The van der Waals surface area contributed by atoms with Crippen LogP contribution >= 0.6 is 0 Å². The molecule has 84 valence electrons. The Morgan fingerprint density at radius 2 is 2.12 bits per heavy atom.